The molecule has 24 heavy (non-hydrogen) atoms. The summed E-state index contributed by atoms with van der Waals surface area (Å²) >= 11 is 1.31. The number of hydrogen-bond acceptors (Lipinski definition) is 4. The van der Waals surface area contributed by atoms with Crippen LogP contribution in [0.25, 0.3) is 10.2 Å². The molecular formula is C18H18N2O3S. The minimum Gasteiger partial charge on any atom is -0.505 e. The standard InChI is InChI=1S/C18H18N2O3S/c1-3-11-6-5-7-12(10-11)19-17(22)14-15(21)16-13(8-9-24-16)20(4-2)18(14)23/h5-10,21H,3-4H2,1-2H3,(H,19,22). The number of aryl methyl sites for hydroxylation is 2. The molecule has 0 unspecified atom stereocenters. The number of fused-ring (bicyclic) bond motifs is 1. The van der Waals surface area contributed by atoms with E-state index in [1.54, 1.807) is 17.5 Å². The zero-order valence-electron chi connectivity index (χ0n) is 13.5. The summed E-state index contributed by atoms with van der Waals surface area (Å²) in [6.07, 6.45) is 0.846. The predicted octanol–water partition coefficient (Wildman–Crippen LogP) is 3.60. The summed E-state index contributed by atoms with van der Waals surface area (Å²) in [7, 11) is 0. The molecule has 2 heterocycles. The second kappa shape index (κ2) is 6.49. The van der Waals surface area contributed by atoms with Crippen LogP contribution >= 0.6 is 11.3 Å². The van der Waals surface area contributed by atoms with Gasteiger partial charge in [-0.2, -0.15) is 0 Å². The highest BCUT2D eigenvalue weighted by Crippen LogP contribution is 2.31. The molecule has 0 saturated carbocycles. The number of carbonyl (C=O) groups is 1. The normalized spacial score (nSPS) is 10.9. The van der Waals surface area contributed by atoms with E-state index in [-0.39, 0.29) is 11.3 Å². The maximum atomic E-state index is 12.6. The lowest BCUT2D eigenvalue weighted by atomic mass is 10.1. The van der Waals surface area contributed by atoms with Crippen molar-refractivity contribution in [2.24, 2.45) is 0 Å². The van der Waals surface area contributed by atoms with Crippen molar-refractivity contribution in [2.45, 2.75) is 26.8 Å². The first-order chi connectivity index (χ1) is 11.6. The van der Waals surface area contributed by atoms with E-state index < -0.39 is 11.5 Å². The Morgan fingerprint density at radius 2 is 2.08 bits per heavy atom. The molecule has 0 spiro atoms. The van der Waals surface area contributed by atoms with Gasteiger partial charge in [-0.05, 0) is 42.5 Å². The van der Waals surface area contributed by atoms with Crippen molar-refractivity contribution >= 4 is 33.1 Å². The summed E-state index contributed by atoms with van der Waals surface area (Å²) in [5.74, 6) is -0.845. The molecule has 0 aliphatic rings. The Balaban J connectivity index is 2.08. The Kier molecular flexibility index (Phi) is 4.40. The molecule has 0 fully saturated rings. The average molecular weight is 342 g/mol. The van der Waals surface area contributed by atoms with Gasteiger partial charge in [0.25, 0.3) is 11.5 Å². The maximum Gasteiger partial charge on any atom is 0.267 e. The van der Waals surface area contributed by atoms with E-state index in [9.17, 15) is 14.7 Å². The molecule has 124 valence electrons. The summed E-state index contributed by atoms with van der Waals surface area (Å²) in [6, 6.07) is 9.21. The third-order valence-corrected chi connectivity index (χ3v) is 4.89. The first-order valence-corrected chi connectivity index (χ1v) is 8.68. The lowest BCUT2D eigenvalue weighted by Gasteiger charge is -2.11. The quantitative estimate of drug-likeness (QED) is 0.761. The monoisotopic (exact) mass is 342 g/mol. The van der Waals surface area contributed by atoms with Crippen LogP contribution in [-0.2, 0) is 13.0 Å². The Bertz CT molecular complexity index is 972. The predicted molar refractivity (Wildman–Crippen MR) is 97.2 cm³/mol. The molecule has 0 aliphatic heterocycles. The van der Waals surface area contributed by atoms with Gasteiger partial charge >= 0.3 is 0 Å². The Hall–Kier alpha value is -2.60. The first kappa shape index (κ1) is 16.3. The summed E-state index contributed by atoms with van der Waals surface area (Å²) < 4.78 is 2.05. The van der Waals surface area contributed by atoms with Gasteiger partial charge < -0.3 is 15.0 Å². The summed E-state index contributed by atoms with van der Waals surface area (Å²) in [5.41, 5.74) is 1.64. The molecule has 1 amide bonds. The van der Waals surface area contributed by atoms with Crippen LogP contribution in [0.3, 0.4) is 0 Å². The first-order valence-electron chi connectivity index (χ1n) is 7.80. The van der Waals surface area contributed by atoms with Crippen LogP contribution in [0.15, 0.2) is 40.5 Å². The van der Waals surface area contributed by atoms with Gasteiger partial charge in [-0.1, -0.05) is 19.1 Å². The van der Waals surface area contributed by atoms with Crippen LogP contribution in [0.1, 0.15) is 29.8 Å². The smallest absolute Gasteiger partial charge is 0.267 e. The number of carbonyl (C=O) groups excluding carboxylic acids is 1. The van der Waals surface area contributed by atoms with E-state index in [0.717, 1.165) is 12.0 Å². The number of thiophene rings is 1. The van der Waals surface area contributed by atoms with Gasteiger partial charge in [-0.25, -0.2) is 0 Å². The highest BCUT2D eigenvalue weighted by molar-refractivity contribution is 7.17. The van der Waals surface area contributed by atoms with Gasteiger partial charge in [-0.3, -0.25) is 9.59 Å². The molecular weight excluding hydrogens is 324 g/mol. The SMILES string of the molecule is CCc1cccc(NC(=O)c2c(O)c3sccc3n(CC)c2=O)c1. The number of aromatic nitrogens is 1. The van der Waals surface area contributed by atoms with Crippen molar-refractivity contribution in [3.63, 3.8) is 0 Å². The van der Waals surface area contributed by atoms with Crippen molar-refractivity contribution < 1.29 is 9.90 Å². The number of benzene rings is 1. The van der Waals surface area contributed by atoms with Gasteiger partial charge in [0.1, 0.15) is 5.56 Å². The van der Waals surface area contributed by atoms with Crippen molar-refractivity contribution in [1.82, 2.24) is 4.57 Å². The molecule has 5 nitrogen and oxygen atoms in total. The van der Waals surface area contributed by atoms with E-state index >= 15 is 0 Å². The number of hydrogen-bond donors (Lipinski definition) is 2. The van der Waals surface area contributed by atoms with Gasteiger partial charge in [0.2, 0.25) is 0 Å². The van der Waals surface area contributed by atoms with Crippen molar-refractivity contribution in [2.75, 3.05) is 5.32 Å². The minimum atomic E-state index is -0.594. The van der Waals surface area contributed by atoms with Crippen molar-refractivity contribution in [3.05, 3.63) is 57.2 Å². The van der Waals surface area contributed by atoms with Gasteiger partial charge in [-0.15, -0.1) is 11.3 Å². The van der Waals surface area contributed by atoms with E-state index in [2.05, 4.69) is 5.32 Å². The zero-order chi connectivity index (χ0) is 17.3. The lowest BCUT2D eigenvalue weighted by Crippen LogP contribution is -2.29. The van der Waals surface area contributed by atoms with E-state index in [1.807, 2.05) is 32.0 Å². The third kappa shape index (κ3) is 2.69. The Morgan fingerprint density at radius 3 is 2.79 bits per heavy atom. The van der Waals surface area contributed by atoms with Crippen LogP contribution in [0, 0.1) is 0 Å². The van der Waals surface area contributed by atoms with Crippen LogP contribution in [-0.4, -0.2) is 15.6 Å². The maximum absolute atomic E-state index is 12.6. The fourth-order valence-corrected chi connectivity index (χ4v) is 3.58. The number of amides is 1. The molecule has 2 aromatic heterocycles. The number of nitrogens with one attached hydrogen (secondary N) is 1. The molecule has 0 radical (unpaired) electrons. The molecule has 0 aliphatic carbocycles. The fraction of sp³-hybridized carbons (Fsp3) is 0.222. The second-order valence-corrected chi connectivity index (χ2v) is 6.33. The lowest BCUT2D eigenvalue weighted by molar-refractivity contribution is 0.102. The molecule has 0 atom stereocenters. The van der Waals surface area contributed by atoms with Crippen molar-refractivity contribution in [3.8, 4) is 5.75 Å². The molecule has 2 N–H and O–H groups in total. The number of anilines is 1. The van der Waals surface area contributed by atoms with Crippen LogP contribution in [0.4, 0.5) is 5.69 Å². The second-order valence-electron chi connectivity index (χ2n) is 5.42. The van der Waals surface area contributed by atoms with Gasteiger partial charge in [0.15, 0.2) is 5.75 Å². The minimum absolute atomic E-state index is 0.214. The molecule has 0 saturated heterocycles. The average Bonchev–Trinajstić information content (AvgIpc) is 3.05. The molecule has 3 rings (SSSR count). The molecule has 0 bridgehead atoms. The number of pyridine rings is 1. The van der Waals surface area contributed by atoms with Crippen LogP contribution in [0.2, 0.25) is 0 Å². The van der Waals surface area contributed by atoms with E-state index in [4.69, 9.17) is 0 Å². The van der Waals surface area contributed by atoms with E-state index in [0.29, 0.717) is 22.4 Å². The Morgan fingerprint density at radius 1 is 1.29 bits per heavy atom. The molecule has 3 aromatic rings. The topological polar surface area (TPSA) is 71.3 Å². The third-order valence-electron chi connectivity index (χ3n) is 3.98. The number of nitrogens with zero attached hydrogens (tertiary/aromatic N) is 1. The van der Waals surface area contributed by atoms with Crippen LogP contribution in [0.5, 0.6) is 5.75 Å². The number of aromatic hydroxyl groups is 1. The van der Waals surface area contributed by atoms with Crippen molar-refractivity contribution in [1.29, 1.82) is 0 Å². The van der Waals surface area contributed by atoms with Crippen LogP contribution < -0.4 is 10.9 Å². The molecule has 1 aromatic carbocycles. The summed E-state index contributed by atoms with van der Waals surface area (Å²) in [5, 5.41) is 14.9. The molecule has 6 heteroatoms. The number of rotatable bonds is 4. The highest BCUT2D eigenvalue weighted by atomic mass is 32.1. The van der Waals surface area contributed by atoms with E-state index in [1.165, 1.54) is 15.9 Å². The summed E-state index contributed by atoms with van der Waals surface area (Å²) in [4.78, 5) is 25.2. The van der Waals surface area contributed by atoms with Gasteiger partial charge in [0, 0.05) is 12.2 Å². The highest BCUT2D eigenvalue weighted by Gasteiger charge is 2.22. The fourth-order valence-electron chi connectivity index (χ4n) is 2.73. The summed E-state index contributed by atoms with van der Waals surface area (Å²) in [6.45, 7) is 4.29. The zero-order valence-corrected chi connectivity index (χ0v) is 14.3. The van der Waals surface area contributed by atoms with Gasteiger partial charge in [0.05, 0.1) is 10.2 Å². The largest absolute Gasteiger partial charge is 0.505 e. The Labute approximate surface area is 143 Å².